The Bertz CT molecular complexity index is 360. The van der Waals surface area contributed by atoms with E-state index in [0.29, 0.717) is 6.54 Å². The van der Waals surface area contributed by atoms with Crippen LogP contribution in [-0.2, 0) is 0 Å². The summed E-state index contributed by atoms with van der Waals surface area (Å²) in [5, 5.41) is 0. The normalized spacial score (nSPS) is 13.0. The monoisotopic (exact) mass is 252 g/mol. The van der Waals surface area contributed by atoms with Gasteiger partial charge in [0, 0.05) is 12.6 Å². The minimum atomic E-state index is -0.176. The fourth-order valence-corrected chi connectivity index (χ4v) is 2.48. The lowest BCUT2D eigenvalue weighted by Gasteiger charge is -2.31. The van der Waals surface area contributed by atoms with Crippen LogP contribution in [0.25, 0.3) is 0 Å². The molecule has 0 saturated carbocycles. The SMILES string of the molecule is CCCN(CCC)C(CN)c1ccc(F)cc1C. The van der Waals surface area contributed by atoms with Crippen LogP contribution < -0.4 is 5.73 Å². The van der Waals surface area contributed by atoms with Gasteiger partial charge in [0.05, 0.1) is 0 Å². The highest BCUT2D eigenvalue weighted by molar-refractivity contribution is 5.30. The van der Waals surface area contributed by atoms with Crippen LogP contribution in [0.15, 0.2) is 18.2 Å². The fraction of sp³-hybridized carbons (Fsp3) is 0.600. The molecular weight excluding hydrogens is 227 g/mol. The van der Waals surface area contributed by atoms with Gasteiger partial charge in [-0.25, -0.2) is 4.39 Å². The van der Waals surface area contributed by atoms with Gasteiger partial charge in [-0.3, -0.25) is 4.90 Å². The van der Waals surface area contributed by atoms with Crippen molar-refractivity contribution in [2.24, 2.45) is 5.73 Å². The van der Waals surface area contributed by atoms with Crippen LogP contribution in [0.1, 0.15) is 43.9 Å². The minimum absolute atomic E-state index is 0.176. The van der Waals surface area contributed by atoms with Gasteiger partial charge in [-0.05, 0) is 56.1 Å². The second-order valence-corrected chi connectivity index (χ2v) is 4.79. The maximum absolute atomic E-state index is 13.2. The molecular formula is C15H25FN2. The van der Waals surface area contributed by atoms with Crippen molar-refractivity contribution >= 4 is 0 Å². The van der Waals surface area contributed by atoms with E-state index >= 15 is 0 Å². The van der Waals surface area contributed by atoms with E-state index in [2.05, 4.69) is 18.7 Å². The summed E-state index contributed by atoms with van der Waals surface area (Å²) < 4.78 is 13.2. The second-order valence-electron chi connectivity index (χ2n) is 4.79. The lowest BCUT2D eigenvalue weighted by atomic mass is 9.99. The van der Waals surface area contributed by atoms with Crippen molar-refractivity contribution in [1.29, 1.82) is 0 Å². The van der Waals surface area contributed by atoms with Crippen LogP contribution in [0.5, 0.6) is 0 Å². The summed E-state index contributed by atoms with van der Waals surface area (Å²) in [5.74, 6) is -0.176. The largest absolute Gasteiger partial charge is 0.329 e. The molecule has 1 aromatic carbocycles. The van der Waals surface area contributed by atoms with Crippen LogP contribution in [0, 0.1) is 12.7 Å². The molecule has 0 amide bonds. The van der Waals surface area contributed by atoms with Crippen molar-refractivity contribution in [3.05, 3.63) is 35.1 Å². The first-order valence-electron chi connectivity index (χ1n) is 6.84. The van der Waals surface area contributed by atoms with Gasteiger partial charge in [0.2, 0.25) is 0 Å². The van der Waals surface area contributed by atoms with Crippen LogP contribution in [0.3, 0.4) is 0 Å². The van der Waals surface area contributed by atoms with Crippen LogP contribution >= 0.6 is 0 Å². The predicted molar refractivity (Wildman–Crippen MR) is 75.1 cm³/mol. The maximum Gasteiger partial charge on any atom is 0.123 e. The topological polar surface area (TPSA) is 29.3 Å². The third-order valence-corrected chi connectivity index (χ3v) is 3.28. The van der Waals surface area contributed by atoms with E-state index in [0.717, 1.165) is 37.1 Å². The van der Waals surface area contributed by atoms with Crippen molar-refractivity contribution in [2.45, 2.75) is 39.7 Å². The van der Waals surface area contributed by atoms with Gasteiger partial charge in [-0.2, -0.15) is 0 Å². The Morgan fingerprint density at radius 1 is 1.22 bits per heavy atom. The molecule has 0 heterocycles. The molecule has 2 nitrogen and oxygen atoms in total. The molecule has 0 bridgehead atoms. The average molecular weight is 252 g/mol. The summed E-state index contributed by atoms with van der Waals surface area (Å²) in [6.07, 6.45) is 2.22. The van der Waals surface area contributed by atoms with Crippen LogP contribution in [0.2, 0.25) is 0 Å². The summed E-state index contributed by atoms with van der Waals surface area (Å²) in [6, 6.07) is 5.20. The number of nitrogens with two attached hydrogens (primary N) is 1. The second kappa shape index (κ2) is 7.49. The first-order valence-corrected chi connectivity index (χ1v) is 6.84. The molecule has 0 aliphatic rings. The molecule has 0 aliphatic carbocycles. The van der Waals surface area contributed by atoms with Gasteiger partial charge in [0.1, 0.15) is 5.82 Å². The van der Waals surface area contributed by atoms with E-state index < -0.39 is 0 Å². The summed E-state index contributed by atoms with van der Waals surface area (Å²) >= 11 is 0. The van der Waals surface area contributed by atoms with E-state index in [1.165, 1.54) is 6.07 Å². The first-order chi connectivity index (χ1) is 8.63. The van der Waals surface area contributed by atoms with E-state index in [1.54, 1.807) is 6.07 Å². The third kappa shape index (κ3) is 3.79. The number of hydrogen-bond donors (Lipinski definition) is 1. The van der Waals surface area contributed by atoms with Gasteiger partial charge >= 0.3 is 0 Å². The summed E-state index contributed by atoms with van der Waals surface area (Å²) in [4.78, 5) is 2.40. The predicted octanol–water partition coefficient (Wildman–Crippen LogP) is 3.26. The zero-order valence-corrected chi connectivity index (χ0v) is 11.7. The van der Waals surface area contributed by atoms with Gasteiger partial charge in [-0.15, -0.1) is 0 Å². The Balaban J connectivity index is 2.98. The van der Waals surface area contributed by atoms with Crippen LogP contribution in [0.4, 0.5) is 4.39 Å². The fourth-order valence-electron chi connectivity index (χ4n) is 2.48. The van der Waals surface area contributed by atoms with Gasteiger partial charge in [0.15, 0.2) is 0 Å². The molecule has 0 radical (unpaired) electrons. The van der Waals surface area contributed by atoms with Crippen molar-refractivity contribution in [3.8, 4) is 0 Å². The standard InChI is InChI=1S/C15H25FN2/c1-4-8-18(9-5-2)15(11-17)14-7-6-13(16)10-12(14)3/h6-7,10,15H,4-5,8-9,11,17H2,1-3H3. The molecule has 1 rings (SSSR count). The Kier molecular flexibility index (Phi) is 6.30. The van der Waals surface area contributed by atoms with E-state index in [4.69, 9.17) is 5.73 Å². The van der Waals surface area contributed by atoms with Crippen LogP contribution in [-0.4, -0.2) is 24.5 Å². The molecule has 3 heteroatoms. The number of nitrogens with zero attached hydrogens (tertiary/aromatic N) is 1. The molecule has 0 spiro atoms. The van der Waals surface area contributed by atoms with Gasteiger partial charge in [0.25, 0.3) is 0 Å². The zero-order chi connectivity index (χ0) is 13.5. The summed E-state index contributed by atoms with van der Waals surface area (Å²) in [5.41, 5.74) is 8.08. The molecule has 18 heavy (non-hydrogen) atoms. The highest BCUT2D eigenvalue weighted by atomic mass is 19.1. The Hall–Kier alpha value is -0.930. The lowest BCUT2D eigenvalue weighted by molar-refractivity contribution is 0.201. The number of hydrogen-bond acceptors (Lipinski definition) is 2. The minimum Gasteiger partial charge on any atom is -0.329 e. The molecule has 2 N–H and O–H groups in total. The molecule has 0 fully saturated rings. The Morgan fingerprint density at radius 3 is 2.28 bits per heavy atom. The zero-order valence-electron chi connectivity index (χ0n) is 11.7. The average Bonchev–Trinajstić information content (AvgIpc) is 2.33. The highest BCUT2D eigenvalue weighted by Gasteiger charge is 2.19. The molecule has 0 saturated heterocycles. The smallest absolute Gasteiger partial charge is 0.123 e. The summed E-state index contributed by atoms with van der Waals surface area (Å²) in [7, 11) is 0. The number of halogens is 1. The molecule has 1 aromatic rings. The Labute approximate surface area is 110 Å². The maximum atomic E-state index is 13.2. The van der Waals surface area contributed by atoms with E-state index in [1.807, 2.05) is 13.0 Å². The molecule has 102 valence electrons. The van der Waals surface area contributed by atoms with E-state index in [9.17, 15) is 4.39 Å². The van der Waals surface area contributed by atoms with Gasteiger partial charge < -0.3 is 5.73 Å². The van der Waals surface area contributed by atoms with E-state index in [-0.39, 0.29) is 11.9 Å². The van der Waals surface area contributed by atoms with Gasteiger partial charge in [-0.1, -0.05) is 19.9 Å². The third-order valence-electron chi connectivity index (χ3n) is 3.28. The lowest BCUT2D eigenvalue weighted by Crippen LogP contribution is -2.35. The molecule has 0 aliphatic heterocycles. The Morgan fingerprint density at radius 2 is 1.83 bits per heavy atom. The van der Waals surface area contributed by atoms with Crippen molar-refractivity contribution < 1.29 is 4.39 Å². The molecule has 1 unspecified atom stereocenters. The highest BCUT2D eigenvalue weighted by Crippen LogP contribution is 2.24. The quantitative estimate of drug-likeness (QED) is 0.807. The summed E-state index contributed by atoms with van der Waals surface area (Å²) in [6.45, 7) is 8.95. The van der Waals surface area contributed by atoms with Crippen molar-refractivity contribution in [1.82, 2.24) is 4.90 Å². The molecule has 0 aromatic heterocycles. The van der Waals surface area contributed by atoms with Crippen molar-refractivity contribution in [2.75, 3.05) is 19.6 Å². The molecule has 1 atom stereocenters. The number of rotatable bonds is 7. The van der Waals surface area contributed by atoms with Crippen molar-refractivity contribution in [3.63, 3.8) is 0 Å². The first kappa shape index (κ1) is 15.1. The number of aryl methyl sites for hydroxylation is 1. The number of benzene rings is 1.